The highest BCUT2D eigenvalue weighted by Crippen LogP contribution is 2.23. The van der Waals surface area contributed by atoms with E-state index in [-0.39, 0.29) is 11.9 Å². The average Bonchev–Trinajstić information content (AvgIpc) is 2.47. The van der Waals surface area contributed by atoms with Crippen LogP contribution in [0.5, 0.6) is 0 Å². The van der Waals surface area contributed by atoms with Gasteiger partial charge in [0.05, 0.1) is 6.04 Å². The number of hydrogen-bond donors (Lipinski definition) is 1. The highest BCUT2D eigenvalue weighted by Gasteiger charge is 2.13. The van der Waals surface area contributed by atoms with E-state index in [1.165, 1.54) is 0 Å². The lowest BCUT2D eigenvalue weighted by Crippen LogP contribution is -2.26. The summed E-state index contributed by atoms with van der Waals surface area (Å²) in [7, 11) is 0. The number of thioether (sulfide) groups is 1. The summed E-state index contributed by atoms with van der Waals surface area (Å²) in [6.07, 6.45) is 2.02. The Hall–Kier alpha value is -1.26. The third kappa shape index (κ3) is 3.64. The van der Waals surface area contributed by atoms with Crippen molar-refractivity contribution in [1.29, 1.82) is 0 Å². The van der Waals surface area contributed by atoms with E-state index in [1.54, 1.807) is 11.8 Å². The van der Waals surface area contributed by atoms with Crippen molar-refractivity contribution in [1.82, 2.24) is 5.32 Å². The van der Waals surface area contributed by atoms with Gasteiger partial charge < -0.3 is 5.32 Å². The number of hydrogen-bond acceptors (Lipinski definition) is 2. The molecule has 2 nitrogen and oxygen atoms in total. The minimum absolute atomic E-state index is 0.0432. The van der Waals surface area contributed by atoms with Crippen LogP contribution in [0, 0.1) is 0 Å². The van der Waals surface area contributed by atoms with E-state index in [9.17, 15) is 4.79 Å². The molecule has 1 atom stereocenters. The van der Waals surface area contributed by atoms with Gasteiger partial charge in [-0.15, -0.1) is 11.8 Å². The van der Waals surface area contributed by atoms with Crippen molar-refractivity contribution in [2.45, 2.75) is 17.9 Å². The minimum Gasteiger partial charge on any atom is -0.345 e. The van der Waals surface area contributed by atoms with Crippen LogP contribution in [0.15, 0.2) is 57.9 Å². The molecule has 0 radical (unpaired) electrons. The van der Waals surface area contributed by atoms with Crippen LogP contribution >= 0.6 is 27.7 Å². The maximum atomic E-state index is 12.2. The Labute approximate surface area is 132 Å². The summed E-state index contributed by atoms with van der Waals surface area (Å²) in [4.78, 5) is 13.4. The van der Waals surface area contributed by atoms with Gasteiger partial charge in [0.15, 0.2) is 0 Å². The fourth-order valence-electron chi connectivity index (χ4n) is 1.93. The summed E-state index contributed by atoms with van der Waals surface area (Å²) in [5.74, 6) is -0.0547. The monoisotopic (exact) mass is 349 g/mol. The molecule has 0 aliphatic rings. The molecule has 0 aliphatic heterocycles. The van der Waals surface area contributed by atoms with Gasteiger partial charge >= 0.3 is 0 Å². The van der Waals surface area contributed by atoms with E-state index >= 15 is 0 Å². The van der Waals surface area contributed by atoms with Crippen LogP contribution in [0.2, 0.25) is 0 Å². The minimum atomic E-state index is -0.0547. The van der Waals surface area contributed by atoms with Crippen molar-refractivity contribution in [3.8, 4) is 0 Å². The molecule has 2 aromatic rings. The maximum Gasteiger partial charge on any atom is 0.251 e. The van der Waals surface area contributed by atoms with Crippen molar-refractivity contribution in [3.63, 3.8) is 0 Å². The molecule has 0 fully saturated rings. The van der Waals surface area contributed by atoms with Crippen molar-refractivity contribution in [3.05, 3.63) is 64.1 Å². The predicted molar refractivity (Wildman–Crippen MR) is 88.2 cm³/mol. The number of benzene rings is 2. The van der Waals surface area contributed by atoms with E-state index in [4.69, 9.17) is 0 Å². The number of rotatable bonds is 4. The summed E-state index contributed by atoms with van der Waals surface area (Å²) in [5.41, 5.74) is 1.75. The molecule has 0 aromatic heterocycles. The van der Waals surface area contributed by atoms with Crippen LogP contribution < -0.4 is 5.32 Å². The van der Waals surface area contributed by atoms with E-state index in [0.717, 1.165) is 14.9 Å². The molecule has 0 saturated carbocycles. The average molecular weight is 350 g/mol. The fourth-order valence-corrected chi connectivity index (χ4v) is 2.96. The van der Waals surface area contributed by atoms with Crippen LogP contribution in [0.3, 0.4) is 0 Å². The Balaban J connectivity index is 2.09. The van der Waals surface area contributed by atoms with Crippen LogP contribution in [0.1, 0.15) is 28.9 Å². The normalized spacial score (nSPS) is 11.9. The Morgan fingerprint density at radius 1 is 1.15 bits per heavy atom. The van der Waals surface area contributed by atoms with Gasteiger partial charge in [0.2, 0.25) is 0 Å². The topological polar surface area (TPSA) is 29.1 Å². The number of amides is 1. The Kier molecular flexibility index (Phi) is 5.26. The van der Waals surface area contributed by atoms with Crippen molar-refractivity contribution in [2.24, 2.45) is 0 Å². The van der Waals surface area contributed by atoms with Crippen LogP contribution in [-0.4, -0.2) is 12.2 Å². The molecule has 0 saturated heterocycles. The predicted octanol–water partition coefficient (Wildman–Crippen LogP) is 4.66. The lowest BCUT2D eigenvalue weighted by molar-refractivity contribution is 0.0939. The summed E-state index contributed by atoms with van der Waals surface area (Å²) in [6, 6.07) is 15.5. The Morgan fingerprint density at radius 2 is 1.80 bits per heavy atom. The quantitative estimate of drug-likeness (QED) is 0.813. The van der Waals surface area contributed by atoms with Crippen molar-refractivity contribution < 1.29 is 4.79 Å². The highest BCUT2D eigenvalue weighted by molar-refractivity contribution is 9.10. The number of nitrogens with one attached hydrogen (secondary N) is 1. The second-order valence-corrected chi connectivity index (χ2v) is 6.18. The van der Waals surface area contributed by atoms with Gasteiger partial charge in [0.25, 0.3) is 5.91 Å². The number of halogens is 1. The Morgan fingerprint density at radius 3 is 2.40 bits per heavy atom. The lowest BCUT2D eigenvalue weighted by Gasteiger charge is -2.16. The maximum absolute atomic E-state index is 12.2. The molecule has 0 unspecified atom stereocenters. The first-order chi connectivity index (χ1) is 9.61. The van der Waals surface area contributed by atoms with Gasteiger partial charge in [0, 0.05) is 14.9 Å². The van der Waals surface area contributed by atoms with Crippen molar-refractivity contribution in [2.75, 3.05) is 6.26 Å². The van der Waals surface area contributed by atoms with Gasteiger partial charge in [-0.05, 0) is 49.1 Å². The first-order valence-electron chi connectivity index (χ1n) is 6.31. The van der Waals surface area contributed by atoms with Gasteiger partial charge in [-0.2, -0.15) is 0 Å². The first-order valence-corrected chi connectivity index (χ1v) is 8.33. The molecule has 2 rings (SSSR count). The van der Waals surface area contributed by atoms with Crippen LogP contribution in [0.4, 0.5) is 0 Å². The van der Waals surface area contributed by atoms with E-state index in [1.807, 2.05) is 61.7 Å². The molecule has 104 valence electrons. The molecular formula is C16H16BrNOS. The lowest BCUT2D eigenvalue weighted by atomic mass is 10.1. The van der Waals surface area contributed by atoms with Gasteiger partial charge in [-0.25, -0.2) is 0 Å². The van der Waals surface area contributed by atoms with Crippen LogP contribution in [0.25, 0.3) is 0 Å². The highest BCUT2D eigenvalue weighted by atomic mass is 79.9. The molecular weight excluding hydrogens is 334 g/mol. The van der Waals surface area contributed by atoms with E-state index in [2.05, 4.69) is 21.2 Å². The molecule has 1 amide bonds. The summed E-state index contributed by atoms with van der Waals surface area (Å²) < 4.78 is 1.01. The van der Waals surface area contributed by atoms with Gasteiger partial charge in [-0.1, -0.05) is 34.1 Å². The summed E-state index contributed by atoms with van der Waals surface area (Å²) in [6.45, 7) is 1.98. The molecule has 2 aromatic carbocycles. The van der Waals surface area contributed by atoms with E-state index < -0.39 is 0 Å². The molecule has 4 heteroatoms. The fraction of sp³-hybridized carbons (Fsp3) is 0.188. The summed E-state index contributed by atoms with van der Waals surface area (Å²) in [5, 5.41) is 3.02. The third-order valence-corrected chi connectivity index (χ3v) is 4.54. The first kappa shape index (κ1) is 15.1. The van der Waals surface area contributed by atoms with Crippen molar-refractivity contribution >= 4 is 33.6 Å². The Bertz CT molecular complexity index is 598. The molecule has 0 bridgehead atoms. The zero-order chi connectivity index (χ0) is 14.5. The zero-order valence-corrected chi connectivity index (χ0v) is 13.8. The molecule has 0 aliphatic carbocycles. The smallest absolute Gasteiger partial charge is 0.251 e. The standard InChI is InChI=1S/C16H16BrNOS/c1-11(14-5-3-4-6-15(14)17)18-16(19)12-7-9-13(20-2)10-8-12/h3-11H,1-2H3,(H,18,19)/t11-/m0/s1. The van der Waals surface area contributed by atoms with Gasteiger partial charge in [0.1, 0.15) is 0 Å². The number of carbonyl (C=O) groups is 1. The van der Waals surface area contributed by atoms with Gasteiger partial charge in [-0.3, -0.25) is 4.79 Å². The summed E-state index contributed by atoms with van der Waals surface area (Å²) >= 11 is 5.17. The molecule has 1 N–H and O–H groups in total. The molecule has 0 spiro atoms. The zero-order valence-electron chi connectivity index (χ0n) is 11.4. The van der Waals surface area contributed by atoms with Crippen LogP contribution in [-0.2, 0) is 0 Å². The molecule has 0 heterocycles. The second-order valence-electron chi connectivity index (χ2n) is 4.45. The largest absolute Gasteiger partial charge is 0.345 e. The third-order valence-electron chi connectivity index (χ3n) is 3.07. The SMILES string of the molecule is CSc1ccc(C(=O)N[C@@H](C)c2ccccc2Br)cc1. The molecule has 20 heavy (non-hydrogen) atoms. The number of carbonyl (C=O) groups excluding carboxylic acids is 1. The van der Waals surface area contributed by atoms with E-state index in [0.29, 0.717) is 5.56 Å². The second kappa shape index (κ2) is 6.95.